The van der Waals surface area contributed by atoms with Gasteiger partial charge in [-0.25, -0.2) is 0 Å². The topological polar surface area (TPSA) is 26.3 Å². The first-order chi connectivity index (χ1) is 9.23. The Labute approximate surface area is 122 Å². The predicted molar refractivity (Wildman–Crippen MR) is 78.0 cm³/mol. The van der Waals surface area contributed by atoms with Crippen molar-refractivity contribution in [3.8, 4) is 0 Å². The molecule has 6 unspecified atom stereocenters. The zero-order valence-electron chi connectivity index (χ0n) is 13.1. The van der Waals surface area contributed by atoms with E-state index in [0.717, 1.165) is 36.5 Å². The first-order valence-electron chi connectivity index (χ1n) is 8.15. The average Bonchev–Trinajstić information content (AvgIpc) is 2.84. The van der Waals surface area contributed by atoms with Gasteiger partial charge in [0.1, 0.15) is 5.60 Å². The Kier molecular flexibility index (Phi) is 2.27. The molecule has 0 N–H and O–H groups in total. The molecule has 3 fully saturated rings. The summed E-state index contributed by atoms with van der Waals surface area (Å²) in [6.45, 7) is 8.06. The number of allylic oxidation sites excluding steroid dienone is 2. The lowest BCUT2D eigenvalue weighted by Gasteiger charge is -2.43. The maximum Gasteiger partial charge on any atom is 0.312 e. The van der Waals surface area contributed by atoms with E-state index in [4.69, 9.17) is 4.74 Å². The van der Waals surface area contributed by atoms with Gasteiger partial charge in [-0.3, -0.25) is 4.79 Å². The number of carbonyl (C=O) groups is 1. The molecule has 4 aliphatic rings. The highest BCUT2D eigenvalue weighted by Crippen LogP contribution is 2.74. The second-order valence-corrected chi connectivity index (χ2v) is 9.08. The zero-order chi connectivity index (χ0) is 14.3. The maximum atomic E-state index is 12.7. The molecular formula is C18H26O2. The summed E-state index contributed by atoms with van der Waals surface area (Å²) < 4.78 is 5.72. The molecule has 1 spiro atoms. The maximum absolute atomic E-state index is 12.7. The summed E-state index contributed by atoms with van der Waals surface area (Å²) in [7, 11) is 0. The van der Waals surface area contributed by atoms with Gasteiger partial charge in [-0.1, -0.05) is 12.2 Å². The normalized spacial score (nSPS) is 51.6. The molecule has 0 radical (unpaired) electrons. The average molecular weight is 274 g/mol. The quantitative estimate of drug-likeness (QED) is 0.534. The summed E-state index contributed by atoms with van der Waals surface area (Å²) in [6.07, 6.45) is 9.75. The summed E-state index contributed by atoms with van der Waals surface area (Å²) in [6, 6.07) is 0. The van der Waals surface area contributed by atoms with E-state index in [2.05, 4.69) is 19.1 Å². The minimum Gasteiger partial charge on any atom is -0.460 e. The van der Waals surface area contributed by atoms with Gasteiger partial charge in [0, 0.05) is 0 Å². The van der Waals surface area contributed by atoms with Gasteiger partial charge in [0.05, 0.1) is 5.41 Å². The number of ether oxygens (including phenoxy) is 1. The largest absolute Gasteiger partial charge is 0.460 e. The van der Waals surface area contributed by atoms with E-state index in [1.54, 1.807) is 0 Å². The van der Waals surface area contributed by atoms with Crippen molar-refractivity contribution in [2.24, 2.45) is 34.5 Å². The molecule has 2 nitrogen and oxygen atoms in total. The van der Waals surface area contributed by atoms with Gasteiger partial charge in [0.15, 0.2) is 0 Å². The SMILES string of the molecule is CC(C)(C)OC(=O)C1(C)CC2CC34C=CC(C3)C2C4C1. The fourth-order valence-electron chi connectivity index (χ4n) is 5.98. The lowest BCUT2D eigenvalue weighted by Crippen LogP contribution is -2.43. The van der Waals surface area contributed by atoms with Crippen LogP contribution in [0.2, 0.25) is 0 Å². The van der Waals surface area contributed by atoms with Crippen molar-refractivity contribution in [2.45, 2.75) is 59.0 Å². The van der Waals surface area contributed by atoms with E-state index in [-0.39, 0.29) is 17.0 Å². The second-order valence-electron chi connectivity index (χ2n) is 9.08. The van der Waals surface area contributed by atoms with E-state index in [0.29, 0.717) is 5.41 Å². The van der Waals surface area contributed by atoms with Gasteiger partial charge in [-0.15, -0.1) is 0 Å². The van der Waals surface area contributed by atoms with Crippen molar-refractivity contribution < 1.29 is 9.53 Å². The Morgan fingerprint density at radius 1 is 1.20 bits per heavy atom. The van der Waals surface area contributed by atoms with Crippen LogP contribution in [-0.2, 0) is 9.53 Å². The first kappa shape index (κ1) is 12.9. The molecule has 0 amide bonds. The molecule has 0 aromatic heterocycles. The van der Waals surface area contributed by atoms with Crippen LogP contribution in [0.1, 0.15) is 53.4 Å². The van der Waals surface area contributed by atoms with Crippen LogP contribution in [0.5, 0.6) is 0 Å². The van der Waals surface area contributed by atoms with Crippen LogP contribution >= 0.6 is 0 Å². The Morgan fingerprint density at radius 2 is 1.95 bits per heavy atom. The number of fused-ring (bicyclic) bond motifs is 1. The Morgan fingerprint density at radius 3 is 2.65 bits per heavy atom. The van der Waals surface area contributed by atoms with Crippen LogP contribution in [0.25, 0.3) is 0 Å². The fraction of sp³-hybridized carbons (Fsp3) is 0.833. The molecule has 110 valence electrons. The second kappa shape index (κ2) is 3.51. The zero-order valence-corrected chi connectivity index (χ0v) is 13.1. The van der Waals surface area contributed by atoms with Crippen molar-refractivity contribution in [1.29, 1.82) is 0 Å². The van der Waals surface area contributed by atoms with E-state index in [9.17, 15) is 4.79 Å². The fourth-order valence-corrected chi connectivity index (χ4v) is 5.98. The number of esters is 1. The number of carbonyl (C=O) groups excluding carboxylic acids is 1. The number of hydrogen-bond acceptors (Lipinski definition) is 2. The predicted octanol–water partition coefficient (Wildman–Crippen LogP) is 3.96. The first-order valence-corrected chi connectivity index (χ1v) is 8.15. The monoisotopic (exact) mass is 274 g/mol. The molecule has 2 heteroatoms. The van der Waals surface area contributed by atoms with Crippen LogP contribution in [0.15, 0.2) is 12.2 Å². The minimum atomic E-state index is -0.368. The van der Waals surface area contributed by atoms with Crippen molar-refractivity contribution in [3.05, 3.63) is 12.2 Å². The molecular weight excluding hydrogens is 248 g/mol. The lowest BCUT2D eigenvalue weighted by molar-refractivity contribution is -0.171. The Hall–Kier alpha value is -0.790. The molecule has 0 aromatic rings. The van der Waals surface area contributed by atoms with Crippen molar-refractivity contribution in [3.63, 3.8) is 0 Å². The van der Waals surface area contributed by atoms with E-state index in [1.807, 2.05) is 20.8 Å². The van der Waals surface area contributed by atoms with Gasteiger partial charge in [-0.2, -0.15) is 0 Å². The molecule has 20 heavy (non-hydrogen) atoms. The molecule has 3 saturated carbocycles. The summed E-state index contributed by atoms with van der Waals surface area (Å²) in [4.78, 5) is 12.7. The highest BCUT2D eigenvalue weighted by atomic mass is 16.6. The van der Waals surface area contributed by atoms with Gasteiger partial charge < -0.3 is 4.74 Å². The summed E-state index contributed by atoms with van der Waals surface area (Å²) in [5.74, 6) is 3.23. The summed E-state index contributed by atoms with van der Waals surface area (Å²) in [5.41, 5.74) is -0.159. The van der Waals surface area contributed by atoms with Gasteiger partial charge >= 0.3 is 5.97 Å². The van der Waals surface area contributed by atoms with Crippen LogP contribution < -0.4 is 0 Å². The van der Waals surface area contributed by atoms with Crippen LogP contribution in [0, 0.1) is 34.5 Å². The van der Waals surface area contributed by atoms with Crippen molar-refractivity contribution >= 4 is 5.97 Å². The lowest BCUT2D eigenvalue weighted by atomic mass is 9.63. The number of rotatable bonds is 1. The molecule has 0 aliphatic heterocycles. The standard InChI is InChI=1S/C18H26O2/c1-16(2,3)20-15(19)17(4)7-12-9-18-6-5-11(8-18)14(12)13(18)10-17/h5-6,11-14H,7-10H2,1-4H3. The smallest absolute Gasteiger partial charge is 0.312 e. The highest BCUT2D eigenvalue weighted by Gasteiger charge is 2.68. The highest BCUT2D eigenvalue weighted by molar-refractivity contribution is 5.77. The Balaban J connectivity index is 1.59. The van der Waals surface area contributed by atoms with Crippen LogP contribution in [0.3, 0.4) is 0 Å². The van der Waals surface area contributed by atoms with Gasteiger partial charge in [-0.05, 0) is 82.5 Å². The minimum absolute atomic E-state index is 0.0391. The molecule has 4 aliphatic carbocycles. The molecule has 0 heterocycles. The van der Waals surface area contributed by atoms with E-state index in [1.165, 1.54) is 12.8 Å². The number of hydrogen-bond donors (Lipinski definition) is 0. The van der Waals surface area contributed by atoms with E-state index >= 15 is 0 Å². The Bertz CT molecular complexity index is 500. The molecule has 6 atom stereocenters. The van der Waals surface area contributed by atoms with Gasteiger partial charge in [0.2, 0.25) is 0 Å². The molecule has 5 bridgehead atoms. The van der Waals surface area contributed by atoms with Crippen molar-refractivity contribution in [2.75, 3.05) is 0 Å². The van der Waals surface area contributed by atoms with Gasteiger partial charge in [0.25, 0.3) is 0 Å². The van der Waals surface area contributed by atoms with E-state index < -0.39 is 0 Å². The molecule has 0 saturated heterocycles. The third kappa shape index (κ3) is 1.54. The third-order valence-corrected chi connectivity index (χ3v) is 6.45. The third-order valence-electron chi connectivity index (χ3n) is 6.45. The van der Waals surface area contributed by atoms with Crippen molar-refractivity contribution in [1.82, 2.24) is 0 Å². The van der Waals surface area contributed by atoms with Crippen LogP contribution in [0.4, 0.5) is 0 Å². The van der Waals surface area contributed by atoms with Crippen LogP contribution in [-0.4, -0.2) is 11.6 Å². The molecule has 4 rings (SSSR count). The summed E-state index contributed by atoms with van der Waals surface area (Å²) in [5, 5.41) is 0. The molecule has 0 aromatic carbocycles. The summed E-state index contributed by atoms with van der Waals surface area (Å²) >= 11 is 0.